The van der Waals surface area contributed by atoms with Crippen LogP contribution in [0.3, 0.4) is 0 Å². The predicted octanol–water partition coefficient (Wildman–Crippen LogP) is -1.13. The second kappa shape index (κ2) is 6.00. The maximum absolute atomic E-state index is 11.8. The summed E-state index contributed by atoms with van der Waals surface area (Å²) in [4.78, 5) is 22.3. The Morgan fingerprint density at radius 1 is 1.33 bits per heavy atom. The van der Waals surface area contributed by atoms with Gasteiger partial charge in [0.05, 0.1) is 5.52 Å². The van der Waals surface area contributed by atoms with Crippen LogP contribution in [0.2, 0.25) is 0 Å². The number of benzene rings is 1. The summed E-state index contributed by atoms with van der Waals surface area (Å²) >= 11 is 0. The molecule has 5 heteroatoms. The normalized spacial score (nSPS) is 10.5. The third kappa shape index (κ3) is 2.90. The number of aromatic nitrogens is 1. The molecule has 0 amide bonds. The van der Waals surface area contributed by atoms with Crippen LogP contribution in [-0.2, 0) is 4.79 Å². The van der Waals surface area contributed by atoms with E-state index >= 15 is 0 Å². The number of carboxylic acids is 1. The van der Waals surface area contributed by atoms with Crippen LogP contribution in [0, 0.1) is 6.92 Å². The van der Waals surface area contributed by atoms with Crippen molar-refractivity contribution in [2.75, 3.05) is 0 Å². The Morgan fingerprint density at radius 3 is 2.67 bits per heavy atom. The van der Waals surface area contributed by atoms with Crippen molar-refractivity contribution in [3.63, 3.8) is 0 Å². The Hall–Kier alpha value is -1.36. The van der Waals surface area contributed by atoms with Crippen molar-refractivity contribution in [1.82, 2.24) is 4.57 Å². The van der Waals surface area contributed by atoms with Crippen molar-refractivity contribution in [2.24, 2.45) is 0 Å². The average Bonchev–Trinajstić information content (AvgIpc) is 2.28. The van der Waals surface area contributed by atoms with Gasteiger partial charge in [0.1, 0.15) is 0 Å². The van der Waals surface area contributed by atoms with Gasteiger partial charge in [-0.15, -0.1) is 0 Å². The summed E-state index contributed by atoms with van der Waals surface area (Å²) in [7, 11) is 0. The van der Waals surface area contributed by atoms with Crippen LogP contribution in [-0.4, -0.2) is 15.6 Å². The monoisotopic (exact) mass is 252 g/mol. The van der Waals surface area contributed by atoms with Crippen molar-refractivity contribution >= 4 is 23.1 Å². The number of nitrogens with zero attached hydrogens (tertiary/aromatic N) is 1. The third-order valence-corrected chi connectivity index (χ3v) is 2.53. The van der Waals surface area contributed by atoms with E-state index in [9.17, 15) is 9.59 Å². The Bertz CT molecular complexity index is 673. The van der Waals surface area contributed by atoms with Gasteiger partial charge in [-0.3, -0.25) is 9.36 Å². The van der Waals surface area contributed by atoms with Gasteiger partial charge in [0, 0.05) is 23.7 Å². The van der Waals surface area contributed by atoms with Gasteiger partial charge >= 0.3 is 35.5 Å². The number of pyridine rings is 1. The van der Waals surface area contributed by atoms with E-state index < -0.39 is 5.97 Å². The van der Waals surface area contributed by atoms with Gasteiger partial charge in [0.2, 0.25) is 0 Å². The van der Waals surface area contributed by atoms with Crippen LogP contribution in [0.4, 0.5) is 0 Å². The first-order valence-corrected chi connectivity index (χ1v) is 5.11. The molecule has 0 aliphatic carbocycles. The second-order valence-corrected chi connectivity index (χ2v) is 3.71. The first-order chi connectivity index (χ1) is 8.09. The molecule has 0 bridgehead atoms. The Balaban J connectivity index is 0.00000162. The number of rotatable bonds is 2. The fraction of sp³-hybridized carbons (Fsp3) is 0.0769. The molecule has 2 rings (SSSR count). The van der Waals surface area contributed by atoms with E-state index in [1.165, 1.54) is 16.8 Å². The molecule has 0 unspecified atom stereocenters. The van der Waals surface area contributed by atoms with E-state index in [4.69, 9.17) is 5.11 Å². The van der Waals surface area contributed by atoms with Crippen LogP contribution < -0.4 is 35.1 Å². The number of para-hydroxylation sites is 1. The van der Waals surface area contributed by atoms with Gasteiger partial charge in [-0.2, -0.15) is 0 Å². The van der Waals surface area contributed by atoms with E-state index in [1.807, 2.05) is 25.1 Å². The molecule has 4 nitrogen and oxygen atoms in total. The second-order valence-electron chi connectivity index (χ2n) is 3.71. The fourth-order valence-electron chi connectivity index (χ4n) is 1.76. The van der Waals surface area contributed by atoms with Gasteiger partial charge in [0.15, 0.2) is 0 Å². The quantitative estimate of drug-likeness (QED) is 0.543. The molecule has 0 saturated carbocycles. The molecule has 18 heavy (non-hydrogen) atoms. The molecule has 0 spiro atoms. The van der Waals surface area contributed by atoms with E-state index in [-0.39, 0.29) is 35.1 Å². The van der Waals surface area contributed by atoms with Crippen molar-refractivity contribution in [3.8, 4) is 0 Å². The average molecular weight is 252 g/mol. The van der Waals surface area contributed by atoms with Crippen molar-refractivity contribution in [2.45, 2.75) is 6.92 Å². The summed E-state index contributed by atoms with van der Waals surface area (Å²) in [5.41, 5.74) is 1.35. The van der Waals surface area contributed by atoms with Crippen LogP contribution in [0.5, 0.6) is 0 Å². The summed E-state index contributed by atoms with van der Waals surface area (Å²) in [6.45, 7) is 1.86. The Kier molecular flexibility index (Phi) is 4.90. The Morgan fingerprint density at radius 2 is 2.00 bits per heavy atom. The maximum Gasteiger partial charge on any atom is 1.00 e. The molecule has 0 atom stereocenters. The minimum atomic E-state index is -1.08. The molecule has 0 saturated heterocycles. The summed E-state index contributed by atoms with van der Waals surface area (Å²) in [6.07, 6.45) is 2.22. The van der Waals surface area contributed by atoms with Crippen molar-refractivity contribution < 1.29 is 39.5 Å². The molecule has 0 aliphatic rings. The summed E-state index contributed by atoms with van der Waals surface area (Å²) < 4.78 is 1.33. The molecule has 0 fully saturated rings. The topological polar surface area (TPSA) is 59.3 Å². The minimum absolute atomic E-state index is 0. The predicted molar refractivity (Wildman–Crippen MR) is 65.9 cm³/mol. The van der Waals surface area contributed by atoms with Crippen LogP contribution >= 0.6 is 0 Å². The molecule has 0 aliphatic heterocycles. The van der Waals surface area contributed by atoms with Crippen molar-refractivity contribution in [1.29, 1.82) is 0 Å². The molecular weight excluding hydrogens is 241 g/mol. The van der Waals surface area contributed by atoms with Crippen LogP contribution in [0.1, 0.15) is 5.56 Å². The van der Waals surface area contributed by atoms with E-state index in [1.54, 1.807) is 6.07 Å². The van der Waals surface area contributed by atoms with Gasteiger partial charge in [-0.05, 0) is 18.6 Å². The van der Waals surface area contributed by atoms with Gasteiger partial charge in [0.25, 0.3) is 5.56 Å². The largest absolute Gasteiger partial charge is 1.00 e. The zero-order valence-electron chi connectivity index (χ0n) is 10.3. The number of hydrogen-bond donors (Lipinski definition) is 1. The standard InChI is InChI=1S/C13H11NO3.Na/c1-9-8-12(15)14(7-6-13(16)17)11-5-3-2-4-10(9)11;/h2-8H,1H3,(H,16,17);/q;+1/b7-6+;. The number of carbonyl (C=O) groups is 1. The van der Waals surface area contributed by atoms with Crippen LogP contribution in [0.25, 0.3) is 17.1 Å². The molecule has 1 aromatic carbocycles. The summed E-state index contributed by atoms with van der Waals surface area (Å²) in [6, 6.07) is 8.87. The molecule has 0 radical (unpaired) electrons. The van der Waals surface area contributed by atoms with E-state index in [2.05, 4.69) is 0 Å². The number of aliphatic carboxylic acids is 1. The summed E-state index contributed by atoms with van der Waals surface area (Å²) in [5.74, 6) is -1.08. The summed E-state index contributed by atoms with van der Waals surface area (Å²) in [5, 5.41) is 9.52. The number of carboxylic acid groups (broad SMARTS) is 1. The molecule has 1 heterocycles. The molecule has 86 valence electrons. The van der Waals surface area contributed by atoms with E-state index in [0.717, 1.165) is 17.0 Å². The molecule has 2 aromatic rings. The first-order valence-electron chi connectivity index (χ1n) is 5.11. The third-order valence-electron chi connectivity index (χ3n) is 2.53. The number of aryl methyl sites for hydroxylation is 1. The maximum atomic E-state index is 11.8. The minimum Gasteiger partial charge on any atom is -0.478 e. The van der Waals surface area contributed by atoms with Crippen molar-refractivity contribution in [3.05, 3.63) is 52.3 Å². The Labute approximate surface area is 126 Å². The SMILES string of the molecule is Cc1cc(=O)n(/C=C/C(=O)O)c2ccccc12.[Na+]. The molecular formula is C13H11NNaO3+. The number of fused-ring (bicyclic) bond motifs is 1. The van der Waals surface area contributed by atoms with Gasteiger partial charge in [-0.25, -0.2) is 4.79 Å². The molecule has 1 N–H and O–H groups in total. The molecule has 1 aromatic heterocycles. The van der Waals surface area contributed by atoms with Crippen LogP contribution in [0.15, 0.2) is 41.2 Å². The first kappa shape index (κ1) is 14.7. The van der Waals surface area contributed by atoms with Gasteiger partial charge in [-0.1, -0.05) is 18.2 Å². The zero-order valence-corrected chi connectivity index (χ0v) is 12.3. The number of hydrogen-bond acceptors (Lipinski definition) is 2. The van der Waals surface area contributed by atoms with E-state index in [0.29, 0.717) is 5.52 Å². The fourth-order valence-corrected chi connectivity index (χ4v) is 1.76. The zero-order chi connectivity index (χ0) is 12.4. The smallest absolute Gasteiger partial charge is 0.478 e. The van der Waals surface area contributed by atoms with Gasteiger partial charge < -0.3 is 5.11 Å².